The minimum Gasteiger partial charge on any atom is -0.345 e. The summed E-state index contributed by atoms with van der Waals surface area (Å²) in [6, 6.07) is 3.88. The van der Waals surface area contributed by atoms with Crippen LogP contribution in [0.4, 0.5) is 27.6 Å². The molecule has 0 spiro atoms. The topological polar surface area (TPSA) is 88.2 Å². The Kier molecular flexibility index (Phi) is 6.33. The summed E-state index contributed by atoms with van der Waals surface area (Å²) in [6.07, 6.45) is -2.93. The number of alkyl halides is 3. The number of benzene rings is 2. The van der Waals surface area contributed by atoms with E-state index in [2.05, 4.69) is 15.0 Å². The first-order valence-electron chi connectivity index (χ1n) is 9.41. The SMILES string of the molecule is Cc1cc([C@H](C)NC(=O)c2cnc3cc(C(F)(F)F)c(F)cc3c2)c(F)cc1NS(C)(=O)=O. The molecule has 1 amide bonds. The predicted molar refractivity (Wildman–Crippen MR) is 112 cm³/mol. The lowest BCUT2D eigenvalue weighted by Crippen LogP contribution is -2.27. The van der Waals surface area contributed by atoms with Crippen LogP contribution in [-0.4, -0.2) is 25.6 Å². The van der Waals surface area contributed by atoms with Gasteiger partial charge in [0.15, 0.2) is 0 Å². The van der Waals surface area contributed by atoms with E-state index in [1.165, 1.54) is 19.1 Å². The highest BCUT2D eigenvalue weighted by molar-refractivity contribution is 7.92. The molecule has 1 aromatic heterocycles. The van der Waals surface area contributed by atoms with Crippen LogP contribution in [0.15, 0.2) is 36.5 Å². The summed E-state index contributed by atoms with van der Waals surface area (Å²) in [5.41, 5.74) is -1.13. The zero-order valence-corrected chi connectivity index (χ0v) is 18.3. The normalized spacial score (nSPS) is 13.1. The first kappa shape index (κ1) is 24.4. The van der Waals surface area contributed by atoms with Crippen molar-refractivity contribution in [2.24, 2.45) is 0 Å². The molecule has 33 heavy (non-hydrogen) atoms. The number of amides is 1. The summed E-state index contributed by atoms with van der Waals surface area (Å²) in [7, 11) is -3.62. The number of aryl methyl sites for hydroxylation is 1. The van der Waals surface area contributed by atoms with Crippen molar-refractivity contribution < 1.29 is 35.2 Å². The quantitative estimate of drug-likeness (QED) is 0.511. The molecule has 3 rings (SSSR count). The second-order valence-corrected chi connectivity index (χ2v) is 9.25. The molecular formula is C21H18F5N3O3S. The van der Waals surface area contributed by atoms with E-state index in [-0.39, 0.29) is 27.7 Å². The average molecular weight is 487 g/mol. The molecule has 3 aromatic rings. The third-order valence-electron chi connectivity index (χ3n) is 4.79. The zero-order valence-electron chi connectivity index (χ0n) is 17.5. The highest BCUT2D eigenvalue weighted by Gasteiger charge is 2.34. The second kappa shape index (κ2) is 8.58. The van der Waals surface area contributed by atoms with Gasteiger partial charge < -0.3 is 5.32 Å². The number of nitrogens with zero attached hydrogens (tertiary/aromatic N) is 1. The second-order valence-electron chi connectivity index (χ2n) is 7.50. The van der Waals surface area contributed by atoms with Crippen LogP contribution in [-0.2, 0) is 16.2 Å². The summed E-state index contributed by atoms with van der Waals surface area (Å²) in [5, 5.41) is 2.52. The number of rotatable bonds is 5. The molecule has 0 radical (unpaired) electrons. The van der Waals surface area contributed by atoms with Crippen molar-refractivity contribution in [3.05, 3.63) is 70.4 Å². The maximum absolute atomic E-state index is 14.6. The van der Waals surface area contributed by atoms with Gasteiger partial charge in [0.05, 0.1) is 34.6 Å². The lowest BCUT2D eigenvalue weighted by atomic mass is 10.0. The number of aromatic nitrogens is 1. The van der Waals surface area contributed by atoms with Crippen LogP contribution in [0.1, 0.15) is 40.0 Å². The highest BCUT2D eigenvalue weighted by atomic mass is 32.2. The maximum atomic E-state index is 14.6. The fourth-order valence-corrected chi connectivity index (χ4v) is 3.81. The summed E-state index contributed by atoms with van der Waals surface area (Å²) in [5.74, 6) is -2.98. The number of halogens is 5. The van der Waals surface area contributed by atoms with Crippen LogP contribution in [0.3, 0.4) is 0 Å². The zero-order chi connectivity index (χ0) is 24.7. The number of nitrogens with one attached hydrogen (secondary N) is 2. The Balaban J connectivity index is 1.85. The van der Waals surface area contributed by atoms with Gasteiger partial charge in [-0.2, -0.15) is 13.2 Å². The van der Waals surface area contributed by atoms with E-state index in [1.54, 1.807) is 6.92 Å². The predicted octanol–water partition coefficient (Wildman–Crippen LogP) is 4.70. The number of carbonyl (C=O) groups excluding carboxylic acids is 1. The molecule has 0 saturated carbocycles. The molecule has 6 nitrogen and oxygen atoms in total. The van der Waals surface area contributed by atoms with Gasteiger partial charge in [0.1, 0.15) is 11.6 Å². The standard InChI is InChI=1S/C21H18F5N3O3S/c1-10-4-14(16(22)8-18(10)29-33(3,31)32)11(2)28-20(30)13-5-12-6-17(23)15(21(24,25)26)7-19(12)27-9-13/h4-9,11,29H,1-3H3,(H,28,30)/t11-/m0/s1. The van der Waals surface area contributed by atoms with E-state index < -0.39 is 45.3 Å². The Bertz CT molecular complexity index is 1360. The summed E-state index contributed by atoms with van der Waals surface area (Å²) < 4.78 is 92.0. The van der Waals surface area contributed by atoms with Crippen LogP contribution in [0, 0.1) is 18.6 Å². The van der Waals surface area contributed by atoms with Crippen LogP contribution in [0.25, 0.3) is 10.9 Å². The van der Waals surface area contributed by atoms with E-state index >= 15 is 0 Å². The van der Waals surface area contributed by atoms with Gasteiger partial charge in [-0.25, -0.2) is 17.2 Å². The van der Waals surface area contributed by atoms with Gasteiger partial charge in [0.2, 0.25) is 10.0 Å². The Morgan fingerprint density at radius 3 is 2.33 bits per heavy atom. The molecular weight excluding hydrogens is 469 g/mol. The van der Waals surface area contributed by atoms with Gasteiger partial charge >= 0.3 is 6.18 Å². The van der Waals surface area contributed by atoms with Crippen molar-refractivity contribution in [2.75, 3.05) is 11.0 Å². The number of hydrogen-bond acceptors (Lipinski definition) is 4. The number of fused-ring (bicyclic) bond motifs is 1. The van der Waals surface area contributed by atoms with E-state index in [9.17, 15) is 35.2 Å². The molecule has 0 aliphatic rings. The number of hydrogen-bond donors (Lipinski definition) is 2. The fraction of sp³-hybridized carbons (Fsp3) is 0.238. The van der Waals surface area contributed by atoms with Gasteiger partial charge in [-0.05, 0) is 49.7 Å². The fourth-order valence-electron chi connectivity index (χ4n) is 3.19. The summed E-state index contributed by atoms with van der Waals surface area (Å²) in [4.78, 5) is 16.4. The maximum Gasteiger partial charge on any atom is 0.419 e. The van der Waals surface area contributed by atoms with Gasteiger partial charge in [-0.3, -0.25) is 14.5 Å². The van der Waals surface area contributed by atoms with Crippen molar-refractivity contribution in [1.29, 1.82) is 0 Å². The monoisotopic (exact) mass is 487 g/mol. The van der Waals surface area contributed by atoms with Gasteiger partial charge in [0, 0.05) is 17.1 Å². The molecule has 1 atom stereocenters. The lowest BCUT2D eigenvalue weighted by Gasteiger charge is -2.18. The van der Waals surface area contributed by atoms with E-state index in [0.717, 1.165) is 18.5 Å². The van der Waals surface area contributed by atoms with Gasteiger partial charge in [-0.15, -0.1) is 0 Å². The van der Waals surface area contributed by atoms with Crippen LogP contribution < -0.4 is 10.0 Å². The first-order chi connectivity index (χ1) is 15.2. The number of anilines is 1. The average Bonchev–Trinajstić information content (AvgIpc) is 2.67. The van der Waals surface area contributed by atoms with E-state index in [0.29, 0.717) is 17.7 Å². The van der Waals surface area contributed by atoms with E-state index in [4.69, 9.17) is 0 Å². The Hall–Kier alpha value is -3.28. The van der Waals surface area contributed by atoms with Crippen molar-refractivity contribution in [3.8, 4) is 0 Å². The third kappa shape index (κ3) is 5.56. The molecule has 2 aromatic carbocycles. The lowest BCUT2D eigenvalue weighted by molar-refractivity contribution is -0.139. The van der Waals surface area contributed by atoms with Crippen molar-refractivity contribution in [2.45, 2.75) is 26.1 Å². The molecule has 0 unspecified atom stereocenters. The molecule has 0 bridgehead atoms. The molecule has 1 heterocycles. The molecule has 12 heteroatoms. The van der Waals surface area contributed by atoms with Crippen molar-refractivity contribution in [3.63, 3.8) is 0 Å². The minimum atomic E-state index is -4.89. The Morgan fingerprint density at radius 1 is 1.06 bits per heavy atom. The van der Waals surface area contributed by atoms with Gasteiger partial charge in [0.25, 0.3) is 5.91 Å². The molecule has 0 fully saturated rings. The molecule has 0 saturated heterocycles. The summed E-state index contributed by atoms with van der Waals surface area (Å²) in [6.45, 7) is 3.05. The van der Waals surface area contributed by atoms with E-state index in [1.807, 2.05) is 0 Å². The van der Waals surface area contributed by atoms with Crippen molar-refractivity contribution in [1.82, 2.24) is 10.3 Å². The van der Waals surface area contributed by atoms with Crippen LogP contribution in [0.2, 0.25) is 0 Å². The number of sulfonamides is 1. The van der Waals surface area contributed by atoms with Crippen LogP contribution in [0.5, 0.6) is 0 Å². The first-order valence-corrected chi connectivity index (χ1v) is 11.3. The smallest absolute Gasteiger partial charge is 0.345 e. The molecule has 0 aliphatic heterocycles. The number of pyridine rings is 1. The molecule has 176 valence electrons. The minimum absolute atomic E-state index is 0.0148. The Labute approximate surface area is 185 Å². The highest BCUT2D eigenvalue weighted by Crippen LogP contribution is 2.33. The Morgan fingerprint density at radius 2 is 1.73 bits per heavy atom. The van der Waals surface area contributed by atoms with Crippen molar-refractivity contribution >= 4 is 32.5 Å². The largest absolute Gasteiger partial charge is 0.419 e. The molecule has 0 aliphatic carbocycles. The van der Waals surface area contributed by atoms with Gasteiger partial charge in [-0.1, -0.05) is 0 Å². The number of carbonyl (C=O) groups is 1. The van der Waals surface area contributed by atoms with Crippen LogP contribution >= 0.6 is 0 Å². The summed E-state index contributed by atoms with van der Waals surface area (Å²) >= 11 is 0. The third-order valence-corrected chi connectivity index (χ3v) is 5.38. The molecule has 2 N–H and O–H groups in total.